The van der Waals surface area contributed by atoms with Crippen LogP contribution < -0.4 is 5.73 Å². The molecular formula is C9H11ClN4S. The minimum atomic E-state index is 0.547. The van der Waals surface area contributed by atoms with Gasteiger partial charge in [0.05, 0.1) is 21.8 Å². The van der Waals surface area contributed by atoms with Crippen LogP contribution in [0.25, 0.3) is 10.6 Å². The number of nitrogens with zero attached hydrogens (tertiary/aromatic N) is 3. The zero-order valence-corrected chi connectivity index (χ0v) is 9.85. The Morgan fingerprint density at radius 3 is 2.93 bits per heavy atom. The highest BCUT2D eigenvalue weighted by molar-refractivity contribution is 7.18. The highest BCUT2D eigenvalue weighted by Gasteiger charge is 2.13. The van der Waals surface area contributed by atoms with E-state index in [4.69, 9.17) is 17.3 Å². The van der Waals surface area contributed by atoms with Gasteiger partial charge < -0.3 is 5.73 Å². The van der Waals surface area contributed by atoms with Crippen molar-refractivity contribution in [2.45, 2.75) is 19.9 Å². The number of anilines is 1. The van der Waals surface area contributed by atoms with Crippen LogP contribution in [0.2, 0.25) is 5.02 Å². The zero-order chi connectivity index (χ0) is 10.8. The Balaban J connectivity index is 2.46. The summed E-state index contributed by atoms with van der Waals surface area (Å²) >= 11 is 7.50. The Morgan fingerprint density at radius 1 is 1.53 bits per heavy atom. The molecule has 2 aromatic heterocycles. The normalized spacial score (nSPS) is 10.8. The molecule has 0 saturated heterocycles. The van der Waals surface area contributed by atoms with E-state index >= 15 is 0 Å². The molecule has 0 aliphatic heterocycles. The molecule has 0 atom stereocenters. The number of nitrogens with two attached hydrogens (primary N) is 1. The lowest BCUT2D eigenvalue weighted by atomic mass is 10.3. The van der Waals surface area contributed by atoms with Crippen LogP contribution in [0.1, 0.15) is 13.3 Å². The van der Waals surface area contributed by atoms with E-state index in [1.165, 1.54) is 11.3 Å². The monoisotopic (exact) mass is 242 g/mol. The standard InChI is InChI=1S/C9H11ClN4S/c1-2-3-14-8(6(10)4-13-14)7-5-12-9(11)15-7/h4-5H,2-3H2,1H3,(H2,11,12). The molecule has 0 fully saturated rings. The van der Waals surface area contributed by atoms with E-state index in [0.717, 1.165) is 23.5 Å². The molecule has 6 heteroatoms. The van der Waals surface area contributed by atoms with Gasteiger partial charge in [-0.05, 0) is 6.42 Å². The second-order valence-corrected chi connectivity index (χ2v) is 4.60. The van der Waals surface area contributed by atoms with Gasteiger partial charge in [-0.15, -0.1) is 0 Å². The highest BCUT2D eigenvalue weighted by atomic mass is 35.5. The molecule has 2 rings (SSSR count). The number of nitrogen functional groups attached to an aromatic ring is 1. The first-order valence-corrected chi connectivity index (χ1v) is 5.84. The maximum absolute atomic E-state index is 6.08. The molecule has 15 heavy (non-hydrogen) atoms. The van der Waals surface area contributed by atoms with Crippen molar-refractivity contribution in [2.75, 3.05) is 5.73 Å². The van der Waals surface area contributed by atoms with Gasteiger partial charge in [0.2, 0.25) is 0 Å². The Labute approximate surface area is 96.7 Å². The molecule has 0 aliphatic rings. The summed E-state index contributed by atoms with van der Waals surface area (Å²) in [4.78, 5) is 4.97. The summed E-state index contributed by atoms with van der Waals surface area (Å²) in [5.74, 6) is 0. The summed E-state index contributed by atoms with van der Waals surface area (Å²) in [7, 11) is 0. The van der Waals surface area contributed by atoms with Gasteiger partial charge in [-0.2, -0.15) is 5.10 Å². The lowest BCUT2D eigenvalue weighted by Crippen LogP contribution is -2.00. The average molecular weight is 243 g/mol. The fourth-order valence-electron chi connectivity index (χ4n) is 1.39. The van der Waals surface area contributed by atoms with Gasteiger partial charge in [-0.1, -0.05) is 29.9 Å². The van der Waals surface area contributed by atoms with Crippen molar-refractivity contribution in [1.82, 2.24) is 14.8 Å². The predicted molar refractivity (Wildman–Crippen MR) is 63.0 cm³/mol. The van der Waals surface area contributed by atoms with Gasteiger partial charge >= 0.3 is 0 Å². The molecule has 0 saturated carbocycles. The minimum Gasteiger partial charge on any atom is -0.375 e. The topological polar surface area (TPSA) is 56.7 Å². The largest absolute Gasteiger partial charge is 0.375 e. The summed E-state index contributed by atoms with van der Waals surface area (Å²) in [6.07, 6.45) is 4.40. The minimum absolute atomic E-state index is 0.547. The van der Waals surface area contributed by atoms with Gasteiger partial charge in [-0.3, -0.25) is 4.68 Å². The van der Waals surface area contributed by atoms with Crippen molar-refractivity contribution in [3.8, 4) is 10.6 Å². The number of aromatic nitrogens is 3. The first-order chi connectivity index (χ1) is 7.22. The van der Waals surface area contributed by atoms with Crippen molar-refractivity contribution in [3.05, 3.63) is 17.4 Å². The second-order valence-electron chi connectivity index (χ2n) is 3.13. The number of thiazole rings is 1. The number of hydrogen-bond donors (Lipinski definition) is 1. The Hall–Kier alpha value is -1.07. The van der Waals surface area contributed by atoms with Crippen LogP contribution in [0.5, 0.6) is 0 Å². The number of rotatable bonds is 3. The molecular weight excluding hydrogens is 232 g/mol. The predicted octanol–water partition coefficient (Wildman–Crippen LogP) is 2.65. The van der Waals surface area contributed by atoms with Crippen LogP contribution in [0.15, 0.2) is 12.4 Å². The maximum atomic E-state index is 6.08. The molecule has 0 spiro atoms. The Bertz CT molecular complexity index is 462. The van der Waals surface area contributed by atoms with Gasteiger partial charge in [0.1, 0.15) is 0 Å². The van der Waals surface area contributed by atoms with E-state index in [1.807, 2.05) is 4.68 Å². The summed E-state index contributed by atoms with van der Waals surface area (Å²) in [6, 6.07) is 0. The highest BCUT2D eigenvalue weighted by Crippen LogP contribution is 2.32. The molecule has 0 aromatic carbocycles. The van der Waals surface area contributed by atoms with Crippen LogP contribution in [0, 0.1) is 0 Å². The van der Waals surface area contributed by atoms with Crippen LogP contribution in [0.4, 0.5) is 5.13 Å². The van der Waals surface area contributed by atoms with E-state index in [2.05, 4.69) is 17.0 Å². The van der Waals surface area contributed by atoms with Crippen LogP contribution in [-0.4, -0.2) is 14.8 Å². The van der Waals surface area contributed by atoms with Crippen LogP contribution >= 0.6 is 22.9 Å². The first-order valence-electron chi connectivity index (χ1n) is 4.65. The average Bonchev–Trinajstić information content (AvgIpc) is 2.74. The molecule has 4 nitrogen and oxygen atoms in total. The molecule has 2 aromatic rings. The van der Waals surface area contributed by atoms with Gasteiger partial charge in [-0.25, -0.2) is 4.98 Å². The molecule has 0 amide bonds. The van der Waals surface area contributed by atoms with E-state index in [1.54, 1.807) is 12.4 Å². The molecule has 0 bridgehead atoms. The Kier molecular flexibility index (Phi) is 2.93. The van der Waals surface area contributed by atoms with E-state index in [-0.39, 0.29) is 0 Å². The van der Waals surface area contributed by atoms with Crippen molar-refractivity contribution < 1.29 is 0 Å². The maximum Gasteiger partial charge on any atom is 0.180 e. The SMILES string of the molecule is CCCn1ncc(Cl)c1-c1cnc(N)s1. The van der Waals surface area contributed by atoms with Crippen molar-refractivity contribution in [2.24, 2.45) is 0 Å². The number of halogens is 1. The third-order valence-corrected chi connectivity index (χ3v) is 3.10. The van der Waals surface area contributed by atoms with Crippen molar-refractivity contribution >= 4 is 28.1 Å². The fourth-order valence-corrected chi connectivity index (χ4v) is 2.43. The number of hydrogen-bond acceptors (Lipinski definition) is 4. The third kappa shape index (κ3) is 1.98. The summed E-state index contributed by atoms with van der Waals surface area (Å²) in [6.45, 7) is 2.94. The van der Waals surface area contributed by atoms with Crippen LogP contribution in [0.3, 0.4) is 0 Å². The molecule has 80 valence electrons. The molecule has 2 N–H and O–H groups in total. The number of aryl methyl sites for hydroxylation is 1. The van der Waals surface area contributed by atoms with Gasteiger partial charge in [0, 0.05) is 12.7 Å². The quantitative estimate of drug-likeness (QED) is 0.900. The Morgan fingerprint density at radius 2 is 2.33 bits per heavy atom. The van der Waals surface area contributed by atoms with Gasteiger partial charge in [0.15, 0.2) is 5.13 Å². The smallest absolute Gasteiger partial charge is 0.180 e. The van der Waals surface area contributed by atoms with Crippen molar-refractivity contribution in [3.63, 3.8) is 0 Å². The zero-order valence-electron chi connectivity index (χ0n) is 8.27. The summed E-state index contributed by atoms with van der Waals surface area (Å²) in [5, 5.41) is 5.41. The van der Waals surface area contributed by atoms with E-state index in [0.29, 0.717) is 10.2 Å². The summed E-state index contributed by atoms with van der Waals surface area (Å²) in [5.41, 5.74) is 6.50. The second kappa shape index (κ2) is 4.20. The van der Waals surface area contributed by atoms with E-state index < -0.39 is 0 Å². The lowest BCUT2D eigenvalue weighted by molar-refractivity contribution is 0.609. The lowest BCUT2D eigenvalue weighted by Gasteiger charge is -2.03. The third-order valence-electron chi connectivity index (χ3n) is 1.99. The molecule has 0 radical (unpaired) electrons. The van der Waals surface area contributed by atoms with E-state index in [9.17, 15) is 0 Å². The fraction of sp³-hybridized carbons (Fsp3) is 0.333. The van der Waals surface area contributed by atoms with Gasteiger partial charge in [0.25, 0.3) is 0 Å². The van der Waals surface area contributed by atoms with Crippen molar-refractivity contribution in [1.29, 1.82) is 0 Å². The molecule has 0 aliphatic carbocycles. The first kappa shape index (κ1) is 10.4. The summed E-state index contributed by atoms with van der Waals surface area (Å²) < 4.78 is 1.88. The molecule has 2 heterocycles. The van der Waals surface area contributed by atoms with Crippen LogP contribution in [-0.2, 0) is 6.54 Å². The molecule has 0 unspecified atom stereocenters.